The summed E-state index contributed by atoms with van der Waals surface area (Å²) in [6, 6.07) is 20.4. The predicted molar refractivity (Wildman–Crippen MR) is 99.3 cm³/mol. The first-order valence-electron chi connectivity index (χ1n) is 8.27. The molecule has 0 spiro atoms. The molecule has 1 aliphatic rings. The lowest BCUT2D eigenvalue weighted by Gasteiger charge is -2.35. The molecule has 3 aromatic carbocycles. The van der Waals surface area contributed by atoms with Crippen molar-refractivity contribution in [1.29, 1.82) is 0 Å². The van der Waals surface area contributed by atoms with E-state index in [1.54, 1.807) is 43.5 Å². The number of halogens is 1. The van der Waals surface area contributed by atoms with Crippen molar-refractivity contribution in [1.82, 2.24) is 0 Å². The van der Waals surface area contributed by atoms with E-state index < -0.39 is 11.9 Å². The second-order valence-corrected chi connectivity index (χ2v) is 5.99. The van der Waals surface area contributed by atoms with Crippen molar-refractivity contribution in [2.24, 2.45) is 0 Å². The molecule has 1 amide bonds. The summed E-state index contributed by atoms with van der Waals surface area (Å²) in [7, 11) is 1.59. The fraction of sp³-hybridized carbons (Fsp3) is 0.0952. The van der Waals surface area contributed by atoms with E-state index in [0.717, 1.165) is 11.3 Å². The van der Waals surface area contributed by atoms with Crippen molar-refractivity contribution in [3.63, 3.8) is 0 Å². The summed E-state index contributed by atoms with van der Waals surface area (Å²) in [6.45, 7) is 0. The van der Waals surface area contributed by atoms with Crippen LogP contribution in [0.2, 0.25) is 0 Å². The molecule has 0 bridgehead atoms. The summed E-state index contributed by atoms with van der Waals surface area (Å²) in [6.07, 6.45) is 0. The molecule has 0 fully saturated rings. The van der Waals surface area contributed by atoms with E-state index in [-0.39, 0.29) is 11.6 Å². The van der Waals surface area contributed by atoms with Crippen LogP contribution in [0, 0.1) is 5.82 Å². The van der Waals surface area contributed by atoms with Crippen LogP contribution in [0.4, 0.5) is 21.5 Å². The van der Waals surface area contributed by atoms with Gasteiger partial charge in [0.1, 0.15) is 17.6 Å². The Kier molecular flexibility index (Phi) is 4.05. The number of para-hydroxylation sites is 3. The molecule has 0 aliphatic carbocycles. The van der Waals surface area contributed by atoms with Gasteiger partial charge in [-0.05, 0) is 42.0 Å². The third-order valence-electron chi connectivity index (χ3n) is 4.45. The first kappa shape index (κ1) is 16.1. The number of benzene rings is 3. The second-order valence-electron chi connectivity index (χ2n) is 5.99. The van der Waals surface area contributed by atoms with Crippen molar-refractivity contribution in [3.05, 3.63) is 84.2 Å². The highest BCUT2D eigenvalue weighted by molar-refractivity contribution is 6.10. The molecular weight excluding hydrogens is 331 g/mol. The summed E-state index contributed by atoms with van der Waals surface area (Å²) < 4.78 is 19.6. The molecule has 0 saturated heterocycles. The fourth-order valence-electron chi connectivity index (χ4n) is 3.16. The zero-order chi connectivity index (χ0) is 18.1. The van der Waals surface area contributed by atoms with Gasteiger partial charge in [-0.25, -0.2) is 4.39 Å². The van der Waals surface area contributed by atoms with Gasteiger partial charge in [-0.3, -0.25) is 9.69 Å². The highest BCUT2D eigenvalue weighted by atomic mass is 19.1. The zero-order valence-electron chi connectivity index (χ0n) is 14.1. The number of amides is 1. The van der Waals surface area contributed by atoms with Crippen LogP contribution in [0.5, 0.6) is 5.75 Å². The number of carbonyl (C=O) groups excluding carboxylic acids is 1. The molecule has 26 heavy (non-hydrogen) atoms. The Morgan fingerprint density at radius 2 is 1.58 bits per heavy atom. The molecule has 1 N–H and O–H groups in total. The average molecular weight is 348 g/mol. The first-order valence-corrected chi connectivity index (χ1v) is 8.27. The van der Waals surface area contributed by atoms with Crippen LogP contribution in [0.15, 0.2) is 72.8 Å². The van der Waals surface area contributed by atoms with Gasteiger partial charge >= 0.3 is 0 Å². The van der Waals surface area contributed by atoms with Crippen molar-refractivity contribution in [2.45, 2.75) is 6.04 Å². The highest BCUT2D eigenvalue weighted by Crippen LogP contribution is 2.41. The minimum atomic E-state index is -0.615. The summed E-state index contributed by atoms with van der Waals surface area (Å²) in [5.74, 6) is 0.0355. The maximum atomic E-state index is 14.4. The lowest BCUT2D eigenvalue weighted by molar-refractivity contribution is -0.119. The van der Waals surface area contributed by atoms with E-state index in [0.29, 0.717) is 11.4 Å². The lowest BCUT2D eigenvalue weighted by atomic mass is 10.0. The molecule has 1 heterocycles. The first-order chi connectivity index (χ1) is 12.7. The van der Waals surface area contributed by atoms with E-state index >= 15 is 0 Å². The minimum Gasteiger partial charge on any atom is -0.497 e. The lowest BCUT2D eigenvalue weighted by Crippen LogP contribution is -2.39. The highest BCUT2D eigenvalue weighted by Gasteiger charge is 2.35. The van der Waals surface area contributed by atoms with Gasteiger partial charge in [0.2, 0.25) is 0 Å². The molecule has 4 nitrogen and oxygen atoms in total. The summed E-state index contributed by atoms with van der Waals surface area (Å²) in [5.41, 5.74) is 2.43. The maximum Gasteiger partial charge on any atom is 0.258 e. The van der Waals surface area contributed by atoms with Gasteiger partial charge in [0, 0.05) is 0 Å². The normalized spacial score (nSPS) is 16.0. The van der Waals surface area contributed by atoms with Gasteiger partial charge in [0.15, 0.2) is 0 Å². The smallest absolute Gasteiger partial charge is 0.258 e. The van der Waals surface area contributed by atoms with Crippen LogP contribution in [-0.4, -0.2) is 13.0 Å². The van der Waals surface area contributed by atoms with Crippen LogP contribution >= 0.6 is 0 Å². The molecule has 4 rings (SSSR count). The number of hydrogen-bond acceptors (Lipinski definition) is 3. The van der Waals surface area contributed by atoms with Crippen molar-refractivity contribution >= 4 is 23.0 Å². The van der Waals surface area contributed by atoms with Gasteiger partial charge in [-0.2, -0.15) is 0 Å². The number of fused-ring (bicyclic) bond motifs is 1. The molecule has 1 atom stereocenters. The zero-order valence-corrected chi connectivity index (χ0v) is 14.1. The maximum absolute atomic E-state index is 14.4. The number of nitrogens with one attached hydrogen (secondary N) is 1. The number of ether oxygens (including phenoxy) is 1. The predicted octanol–water partition coefficient (Wildman–Crippen LogP) is 4.67. The topological polar surface area (TPSA) is 41.6 Å². The number of anilines is 3. The molecule has 3 aromatic rings. The average Bonchev–Trinajstić information content (AvgIpc) is 2.69. The Morgan fingerprint density at radius 3 is 2.27 bits per heavy atom. The Balaban J connectivity index is 1.82. The standard InChI is InChI=1S/C21H17FN2O2/c1-26-15-12-10-14(11-13-15)20-21(25)24(18-8-4-2-6-16(18)22)19-9-5-3-7-17(19)23-20/h2-13,20,23H,1H3. The third kappa shape index (κ3) is 2.67. The van der Waals surface area contributed by atoms with Gasteiger partial charge in [0.05, 0.1) is 24.2 Å². The molecule has 0 aromatic heterocycles. The molecular formula is C21H17FN2O2. The van der Waals surface area contributed by atoms with Gasteiger partial charge < -0.3 is 10.1 Å². The van der Waals surface area contributed by atoms with E-state index in [1.807, 2.05) is 30.3 Å². The summed E-state index contributed by atoms with van der Waals surface area (Å²) in [5, 5.41) is 3.27. The molecule has 1 unspecified atom stereocenters. The minimum absolute atomic E-state index is 0.237. The summed E-state index contributed by atoms with van der Waals surface area (Å²) >= 11 is 0. The molecule has 0 saturated carbocycles. The van der Waals surface area contributed by atoms with Crippen molar-refractivity contribution in [3.8, 4) is 5.75 Å². The largest absolute Gasteiger partial charge is 0.497 e. The van der Waals surface area contributed by atoms with Crippen LogP contribution in [0.25, 0.3) is 0 Å². The fourth-order valence-corrected chi connectivity index (χ4v) is 3.16. The Hall–Kier alpha value is -3.34. The van der Waals surface area contributed by atoms with Gasteiger partial charge in [-0.15, -0.1) is 0 Å². The molecule has 5 heteroatoms. The van der Waals surface area contributed by atoms with E-state index in [1.165, 1.54) is 11.0 Å². The molecule has 130 valence electrons. The number of hydrogen-bond donors (Lipinski definition) is 1. The second kappa shape index (κ2) is 6.52. The number of carbonyl (C=O) groups is 1. The van der Waals surface area contributed by atoms with E-state index in [2.05, 4.69) is 5.32 Å². The van der Waals surface area contributed by atoms with E-state index in [9.17, 15) is 9.18 Å². The van der Waals surface area contributed by atoms with Crippen LogP contribution < -0.4 is 15.0 Å². The Bertz CT molecular complexity index is 956. The van der Waals surface area contributed by atoms with Gasteiger partial charge in [0.25, 0.3) is 5.91 Å². The summed E-state index contributed by atoms with van der Waals surface area (Å²) in [4.78, 5) is 14.7. The Labute approximate surface area is 150 Å². The number of methoxy groups -OCH3 is 1. The molecule has 0 radical (unpaired) electrons. The third-order valence-corrected chi connectivity index (χ3v) is 4.45. The number of rotatable bonds is 3. The quantitative estimate of drug-likeness (QED) is 0.748. The van der Waals surface area contributed by atoms with Crippen LogP contribution in [0.1, 0.15) is 11.6 Å². The van der Waals surface area contributed by atoms with Crippen LogP contribution in [-0.2, 0) is 4.79 Å². The Morgan fingerprint density at radius 1 is 0.923 bits per heavy atom. The monoisotopic (exact) mass is 348 g/mol. The van der Waals surface area contributed by atoms with Crippen molar-refractivity contribution < 1.29 is 13.9 Å². The molecule has 1 aliphatic heterocycles. The SMILES string of the molecule is COc1ccc(C2Nc3ccccc3N(c3ccccc3F)C2=O)cc1. The van der Waals surface area contributed by atoms with E-state index in [4.69, 9.17) is 4.74 Å². The van der Waals surface area contributed by atoms with Gasteiger partial charge in [-0.1, -0.05) is 36.4 Å². The van der Waals surface area contributed by atoms with Crippen LogP contribution in [0.3, 0.4) is 0 Å². The van der Waals surface area contributed by atoms with Crippen molar-refractivity contribution in [2.75, 3.05) is 17.3 Å². The number of nitrogens with zero attached hydrogens (tertiary/aromatic N) is 1.